The number of aliphatic carboxylic acids is 1. The van der Waals surface area contributed by atoms with Gasteiger partial charge in [0.05, 0.1) is 19.1 Å². The number of carbonyl (C=O) groups excluding carboxylic acids is 3. The Bertz CT molecular complexity index is 960. The second-order valence-electron chi connectivity index (χ2n) is 7.17. The number of alkyl halides is 3. The van der Waals surface area contributed by atoms with Crippen LogP contribution in [0.1, 0.15) is 31.4 Å². The Balaban J connectivity index is 0.00000181. The molecule has 21 heteroatoms. The van der Waals surface area contributed by atoms with Crippen molar-refractivity contribution in [3.63, 3.8) is 0 Å². The molecule has 0 saturated carbocycles. The first-order valence-electron chi connectivity index (χ1n) is 10.7. The minimum Gasteiger partial charge on any atom is -0.475 e. The normalized spacial score (nSPS) is 12.0. The first-order chi connectivity index (χ1) is 18.1. The van der Waals surface area contributed by atoms with Gasteiger partial charge in [0, 0.05) is 32.0 Å². The molecule has 0 spiro atoms. The van der Waals surface area contributed by atoms with Gasteiger partial charge in [0.25, 0.3) is 10.2 Å². The van der Waals surface area contributed by atoms with Crippen molar-refractivity contribution in [2.45, 2.75) is 50.4 Å². The molecule has 0 bridgehead atoms. The van der Waals surface area contributed by atoms with Crippen molar-refractivity contribution in [1.82, 2.24) is 20.6 Å². The number of esters is 1. The molecule has 220 valence electrons. The van der Waals surface area contributed by atoms with E-state index in [2.05, 4.69) is 35.0 Å². The summed E-state index contributed by atoms with van der Waals surface area (Å²) in [4.78, 5) is 80.2. The Morgan fingerprint density at radius 2 is 1.79 bits per heavy atom. The molecule has 0 aliphatic rings. The van der Waals surface area contributed by atoms with Crippen molar-refractivity contribution in [3.8, 4) is 0 Å². The number of H-pyrrole nitrogens is 1. The van der Waals surface area contributed by atoms with Crippen molar-refractivity contribution < 1.29 is 62.0 Å². The molecule has 2 amide bonds. The number of methoxy groups -OCH3 is 1. The smallest absolute Gasteiger partial charge is 0.475 e. The van der Waals surface area contributed by atoms with E-state index >= 15 is 0 Å². The lowest BCUT2D eigenvalue weighted by molar-refractivity contribution is -0.790. The molecule has 1 heterocycles. The summed E-state index contributed by atoms with van der Waals surface area (Å²) in [6.45, 7) is -0.657. The molecule has 0 radical (unpaired) electrons. The molecule has 1 aromatic heterocycles. The van der Waals surface area contributed by atoms with E-state index in [4.69, 9.17) is 9.90 Å². The molecule has 0 saturated heterocycles. The van der Waals surface area contributed by atoms with E-state index in [1.54, 1.807) is 6.20 Å². The molecule has 1 aromatic rings. The first-order valence-corrected chi connectivity index (χ1v) is 10.7. The predicted octanol–water partition coefficient (Wildman–Crippen LogP) is -0.295. The summed E-state index contributed by atoms with van der Waals surface area (Å²) in [5, 5.41) is 30.5. The van der Waals surface area contributed by atoms with E-state index in [0.717, 1.165) is 0 Å². The van der Waals surface area contributed by atoms with Gasteiger partial charge >= 0.3 is 18.1 Å². The first kappa shape index (κ1) is 34.3. The summed E-state index contributed by atoms with van der Waals surface area (Å²) in [5.74, 6) is -4.33. The fourth-order valence-electron chi connectivity index (χ4n) is 2.54. The third-order valence-electron chi connectivity index (χ3n) is 4.24. The van der Waals surface area contributed by atoms with Gasteiger partial charge in [0.15, 0.2) is 0 Å². The van der Waals surface area contributed by atoms with Gasteiger partial charge in [-0.2, -0.15) is 13.2 Å². The van der Waals surface area contributed by atoms with Crippen LogP contribution < -0.4 is 10.6 Å². The molecule has 0 aliphatic carbocycles. The zero-order chi connectivity index (χ0) is 30.0. The molecule has 2 atom stereocenters. The number of carboxylic acid groups (broad SMARTS) is 1. The SMILES string of the molecule is COC(=O)[C@H](Cc1c[nH]cn1)NC(=O)CCNC(=O)CCC[C@@H](CO[N+](=O)[O-])O[N+](=O)[O-].O=C(O)C(F)(F)F. The summed E-state index contributed by atoms with van der Waals surface area (Å²) >= 11 is 0. The molecule has 0 aromatic carbocycles. The van der Waals surface area contributed by atoms with Crippen LogP contribution in [-0.2, 0) is 40.0 Å². The van der Waals surface area contributed by atoms with Gasteiger partial charge in [0.1, 0.15) is 18.8 Å². The van der Waals surface area contributed by atoms with Crippen LogP contribution in [0.2, 0.25) is 0 Å². The Morgan fingerprint density at radius 1 is 1.15 bits per heavy atom. The maximum absolute atomic E-state index is 12.1. The predicted molar refractivity (Wildman–Crippen MR) is 116 cm³/mol. The molecule has 4 N–H and O–H groups in total. The van der Waals surface area contributed by atoms with Gasteiger partial charge in [-0.1, -0.05) is 0 Å². The van der Waals surface area contributed by atoms with E-state index in [-0.39, 0.29) is 38.6 Å². The van der Waals surface area contributed by atoms with E-state index in [9.17, 15) is 47.8 Å². The molecule has 0 aliphatic heterocycles. The van der Waals surface area contributed by atoms with Crippen LogP contribution in [0.25, 0.3) is 0 Å². The average Bonchev–Trinajstić information content (AvgIpc) is 3.34. The highest BCUT2D eigenvalue weighted by atomic mass is 19.4. The third kappa shape index (κ3) is 17.4. The van der Waals surface area contributed by atoms with Crippen molar-refractivity contribution in [2.24, 2.45) is 0 Å². The maximum Gasteiger partial charge on any atom is 0.490 e. The van der Waals surface area contributed by atoms with Crippen molar-refractivity contribution in [1.29, 1.82) is 0 Å². The van der Waals surface area contributed by atoms with E-state index in [1.165, 1.54) is 13.4 Å². The zero-order valence-electron chi connectivity index (χ0n) is 20.2. The molecule has 39 heavy (non-hydrogen) atoms. The molecule has 0 fully saturated rings. The van der Waals surface area contributed by atoms with Gasteiger partial charge in [-0.15, -0.1) is 20.2 Å². The number of rotatable bonds is 16. The van der Waals surface area contributed by atoms with Crippen LogP contribution in [0, 0.1) is 20.2 Å². The summed E-state index contributed by atoms with van der Waals surface area (Å²) in [6, 6.07) is -0.939. The Morgan fingerprint density at radius 3 is 2.28 bits per heavy atom. The highest BCUT2D eigenvalue weighted by Gasteiger charge is 2.38. The monoisotopic (exact) mass is 574 g/mol. The number of halogens is 3. The quantitative estimate of drug-likeness (QED) is 0.113. The van der Waals surface area contributed by atoms with Crippen molar-refractivity contribution in [3.05, 3.63) is 38.4 Å². The summed E-state index contributed by atoms with van der Waals surface area (Å²) in [7, 11) is 1.19. The largest absolute Gasteiger partial charge is 0.490 e. The molecule has 1 rings (SSSR count). The standard InChI is InChI=1S/C16H24N6O10.C2HF3O2/c1-30-16(25)13(7-11-8-17-10-19-11)20-15(24)5-6-18-14(23)4-2-3-12(32-22(28)29)9-31-21(26)27;3-2(4,5)1(6)7/h8,10,12-13H,2-7,9H2,1H3,(H,17,19)(H,18,23)(H,20,24);(H,6,7)/t12-,13-;/m0./s1. The number of nitrogens with one attached hydrogen (secondary N) is 3. The average molecular weight is 574 g/mol. The van der Waals surface area contributed by atoms with E-state index < -0.39 is 58.9 Å². The number of imidazole rings is 1. The van der Waals surface area contributed by atoms with Crippen LogP contribution in [-0.4, -0.2) is 87.6 Å². The lowest BCUT2D eigenvalue weighted by atomic mass is 10.1. The Hall–Kier alpha value is -4.72. The summed E-state index contributed by atoms with van der Waals surface area (Å²) < 4.78 is 36.4. The van der Waals surface area contributed by atoms with Crippen LogP contribution in [0.3, 0.4) is 0 Å². The van der Waals surface area contributed by atoms with Crippen molar-refractivity contribution >= 4 is 23.8 Å². The van der Waals surface area contributed by atoms with Gasteiger partial charge in [-0.3, -0.25) is 9.59 Å². The Labute approximate surface area is 216 Å². The van der Waals surface area contributed by atoms with Gasteiger partial charge in [-0.25, -0.2) is 14.6 Å². The maximum atomic E-state index is 12.1. The fraction of sp³-hybridized carbons (Fsp3) is 0.611. The second-order valence-corrected chi connectivity index (χ2v) is 7.17. The number of nitrogens with zero attached hydrogens (tertiary/aromatic N) is 3. The number of amides is 2. The number of carboxylic acids is 1. The number of aromatic amines is 1. The van der Waals surface area contributed by atoms with Crippen LogP contribution in [0.15, 0.2) is 12.5 Å². The molecule has 18 nitrogen and oxygen atoms in total. The number of carbonyl (C=O) groups is 4. The number of hydrogen-bond acceptors (Lipinski definition) is 12. The highest BCUT2D eigenvalue weighted by molar-refractivity contribution is 5.85. The number of aromatic nitrogens is 2. The highest BCUT2D eigenvalue weighted by Crippen LogP contribution is 2.13. The lowest BCUT2D eigenvalue weighted by Gasteiger charge is -2.16. The number of hydrogen-bond donors (Lipinski definition) is 4. The lowest BCUT2D eigenvalue weighted by Crippen LogP contribution is -2.44. The second kappa shape index (κ2) is 17.7. The third-order valence-corrected chi connectivity index (χ3v) is 4.24. The van der Waals surface area contributed by atoms with E-state index in [1.807, 2.05) is 0 Å². The van der Waals surface area contributed by atoms with Crippen LogP contribution in [0.4, 0.5) is 13.2 Å². The minimum atomic E-state index is -5.08. The summed E-state index contributed by atoms with van der Waals surface area (Å²) in [5.41, 5.74) is 0.553. The Kier molecular flexibility index (Phi) is 15.5. The molecule has 0 unspecified atom stereocenters. The van der Waals surface area contributed by atoms with Crippen LogP contribution in [0.5, 0.6) is 0 Å². The van der Waals surface area contributed by atoms with Gasteiger partial charge in [0.2, 0.25) is 11.8 Å². The minimum absolute atomic E-state index is 0.0137. The molecular weight excluding hydrogens is 549 g/mol. The van der Waals surface area contributed by atoms with Gasteiger partial charge < -0.3 is 35.1 Å². The molecular formula is C18H25F3N6O12. The van der Waals surface area contributed by atoms with Gasteiger partial charge in [-0.05, 0) is 12.8 Å². The van der Waals surface area contributed by atoms with Crippen LogP contribution >= 0.6 is 0 Å². The van der Waals surface area contributed by atoms with Crippen molar-refractivity contribution in [2.75, 3.05) is 20.3 Å². The summed E-state index contributed by atoms with van der Waals surface area (Å²) in [6.07, 6.45) is -3.20. The van der Waals surface area contributed by atoms with E-state index in [0.29, 0.717) is 5.69 Å². The topological polar surface area (TPSA) is 255 Å². The number of ether oxygens (including phenoxy) is 1. The zero-order valence-corrected chi connectivity index (χ0v) is 20.2. The fourth-order valence-corrected chi connectivity index (χ4v) is 2.54.